The van der Waals surface area contributed by atoms with E-state index in [1.807, 2.05) is 48.7 Å². The number of nitrogens with zero attached hydrogens (tertiary/aromatic N) is 3. The number of benzene rings is 1. The number of hydrogen-bond acceptors (Lipinski definition) is 6. The number of carbonyl (C=O) groups excluding carboxylic acids is 1. The van der Waals surface area contributed by atoms with Gasteiger partial charge in [-0.1, -0.05) is 18.2 Å². The summed E-state index contributed by atoms with van der Waals surface area (Å²) in [7, 11) is 0. The second-order valence-electron chi connectivity index (χ2n) is 10.9. The van der Waals surface area contributed by atoms with Crippen molar-refractivity contribution >= 4 is 28.7 Å². The molecule has 2 fully saturated rings. The number of aliphatic hydroxyl groups is 1. The van der Waals surface area contributed by atoms with Crippen LogP contribution in [0.4, 0.5) is 10.6 Å². The van der Waals surface area contributed by atoms with Crippen LogP contribution in [-0.2, 0) is 0 Å². The van der Waals surface area contributed by atoms with Gasteiger partial charge in [0.05, 0.1) is 16.8 Å². The molecule has 3 aromatic rings. The molecule has 2 aliphatic rings. The normalized spacial score (nSPS) is 20.1. The van der Waals surface area contributed by atoms with Gasteiger partial charge < -0.3 is 25.7 Å². The van der Waals surface area contributed by atoms with Crippen LogP contribution in [0.15, 0.2) is 48.7 Å². The van der Waals surface area contributed by atoms with Crippen LogP contribution >= 0.6 is 0 Å². The molecule has 4 N–H and O–H groups in total. The van der Waals surface area contributed by atoms with Crippen LogP contribution in [0, 0.1) is 17.8 Å². The summed E-state index contributed by atoms with van der Waals surface area (Å²) in [5.41, 5.74) is 2.94. The van der Waals surface area contributed by atoms with E-state index in [1.165, 1.54) is 0 Å². The predicted octanol–water partition coefficient (Wildman–Crippen LogP) is 4.31. The van der Waals surface area contributed by atoms with E-state index >= 15 is 0 Å². The highest BCUT2D eigenvalue weighted by Gasteiger charge is 2.23. The lowest BCUT2D eigenvalue weighted by atomic mass is 9.82. The van der Waals surface area contributed by atoms with Crippen molar-refractivity contribution in [2.24, 2.45) is 17.8 Å². The number of para-hydroxylation sites is 1. The Hall–Kier alpha value is -3.72. The molecule has 5 rings (SSSR count). The topological polar surface area (TPSA) is 128 Å². The second-order valence-corrected chi connectivity index (χ2v) is 10.9. The van der Waals surface area contributed by atoms with Crippen LogP contribution in [0.2, 0.25) is 0 Å². The quantitative estimate of drug-likeness (QED) is 0.341. The highest BCUT2D eigenvalue weighted by atomic mass is 16.4. The molecule has 1 saturated heterocycles. The van der Waals surface area contributed by atoms with Gasteiger partial charge in [0.25, 0.3) is 5.91 Å². The van der Waals surface area contributed by atoms with Crippen LogP contribution in [0.3, 0.4) is 0 Å². The van der Waals surface area contributed by atoms with Crippen LogP contribution in [0.5, 0.6) is 0 Å². The van der Waals surface area contributed by atoms with E-state index in [0.29, 0.717) is 42.1 Å². The van der Waals surface area contributed by atoms with Crippen LogP contribution < -0.4 is 15.5 Å². The van der Waals surface area contributed by atoms with Crippen molar-refractivity contribution in [1.29, 1.82) is 0 Å². The lowest BCUT2D eigenvalue weighted by Gasteiger charge is -2.32. The van der Waals surface area contributed by atoms with Gasteiger partial charge in [-0.15, -0.1) is 0 Å². The van der Waals surface area contributed by atoms with E-state index in [0.717, 1.165) is 73.9 Å². The van der Waals surface area contributed by atoms with E-state index in [4.69, 9.17) is 15.1 Å². The van der Waals surface area contributed by atoms with Crippen molar-refractivity contribution in [2.75, 3.05) is 37.7 Å². The Morgan fingerprint density at radius 2 is 1.59 bits per heavy atom. The molecular weight excluding hydrogens is 494 g/mol. The van der Waals surface area contributed by atoms with Crippen LogP contribution in [0.1, 0.15) is 48.9 Å². The Labute approximate surface area is 228 Å². The summed E-state index contributed by atoms with van der Waals surface area (Å²) in [5, 5.41) is 24.7. The number of piperidine rings is 1. The molecule has 2 aromatic heterocycles. The van der Waals surface area contributed by atoms with Crippen molar-refractivity contribution < 1.29 is 19.8 Å². The average molecular weight is 532 g/mol. The van der Waals surface area contributed by atoms with E-state index in [9.17, 15) is 14.7 Å². The summed E-state index contributed by atoms with van der Waals surface area (Å²) in [4.78, 5) is 35.9. The van der Waals surface area contributed by atoms with Gasteiger partial charge in [-0.2, -0.15) is 0 Å². The van der Waals surface area contributed by atoms with E-state index in [1.54, 1.807) is 0 Å². The Balaban J connectivity index is 1.26. The molecule has 2 amide bonds. The molecule has 206 valence electrons. The Bertz CT molecular complexity index is 1280. The highest BCUT2D eigenvalue weighted by molar-refractivity contribution is 6.07. The predicted molar refractivity (Wildman–Crippen MR) is 151 cm³/mol. The summed E-state index contributed by atoms with van der Waals surface area (Å²) < 4.78 is 0. The van der Waals surface area contributed by atoms with Gasteiger partial charge >= 0.3 is 6.09 Å². The third-order valence-electron chi connectivity index (χ3n) is 8.26. The Morgan fingerprint density at radius 1 is 0.897 bits per heavy atom. The van der Waals surface area contributed by atoms with Crippen LogP contribution in [0.25, 0.3) is 22.2 Å². The minimum Gasteiger partial charge on any atom is -0.465 e. The van der Waals surface area contributed by atoms with E-state index < -0.39 is 6.09 Å². The first kappa shape index (κ1) is 26.9. The fraction of sp³-hybridized carbons (Fsp3) is 0.467. The maximum atomic E-state index is 13.4. The van der Waals surface area contributed by atoms with Gasteiger partial charge in [-0.3, -0.25) is 4.79 Å². The molecule has 1 saturated carbocycles. The maximum Gasteiger partial charge on any atom is 0.404 e. The first-order chi connectivity index (χ1) is 19.0. The number of amides is 2. The van der Waals surface area contributed by atoms with Crippen molar-refractivity contribution in [1.82, 2.24) is 20.6 Å². The Kier molecular flexibility index (Phi) is 8.56. The van der Waals surface area contributed by atoms with Gasteiger partial charge in [-0.25, -0.2) is 14.8 Å². The number of hydrogen-bond donors (Lipinski definition) is 4. The van der Waals surface area contributed by atoms with Crippen molar-refractivity contribution in [3.05, 3.63) is 54.2 Å². The molecule has 0 unspecified atom stereocenters. The summed E-state index contributed by atoms with van der Waals surface area (Å²) >= 11 is 0. The summed E-state index contributed by atoms with van der Waals surface area (Å²) in [5.74, 6) is 1.94. The molecule has 0 atom stereocenters. The molecule has 39 heavy (non-hydrogen) atoms. The number of rotatable bonds is 8. The largest absolute Gasteiger partial charge is 0.465 e. The highest BCUT2D eigenvalue weighted by Crippen LogP contribution is 2.29. The molecule has 1 aliphatic heterocycles. The lowest BCUT2D eigenvalue weighted by molar-refractivity contribution is 0.0942. The standard InChI is InChI=1S/C30H37N5O4/c36-19-22-11-13-35(14-12-22)28-10-9-23(18-31-28)27-15-25(24-3-1-2-4-26(24)34-27)29(37)32-16-20-5-7-21(8-6-20)17-33-30(38)39/h1-4,9-10,15,18,20-22,33,36H,5-8,11-14,16-17,19H2,(H,32,37)(H,38,39)/t20-,21-. The SMILES string of the molecule is O=C(O)NC[C@H]1CC[C@H](CNC(=O)c2cc(-c3ccc(N4CCC(CO)CC4)nc3)nc3ccccc23)CC1. The first-order valence-corrected chi connectivity index (χ1v) is 14.0. The first-order valence-electron chi connectivity index (χ1n) is 14.0. The number of fused-ring (bicyclic) bond motifs is 1. The number of carboxylic acid groups (broad SMARTS) is 1. The number of carbonyl (C=O) groups is 2. The average Bonchev–Trinajstić information content (AvgIpc) is 2.99. The number of aliphatic hydroxyl groups excluding tert-OH is 1. The number of aromatic nitrogens is 2. The maximum absolute atomic E-state index is 13.4. The van der Waals surface area contributed by atoms with E-state index in [2.05, 4.69) is 15.5 Å². The van der Waals surface area contributed by atoms with Crippen molar-refractivity contribution in [3.8, 4) is 11.3 Å². The molecule has 9 heteroatoms. The molecule has 1 aliphatic carbocycles. The zero-order valence-electron chi connectivity index (χ0n) is 22.2. The fourth-order valence-corrected chi connectivity index (χ4v) is 5.78. The smallest absolute Gasteiger partial charge is 0.404 e. The third kappa shape index (κ3) is 6.65. The van der Waals surface area contributed by atoms with Gasteiger partial charge in [-0.05, 0) is 80.5 Å². The van der Waals surface area contributed by atoms with Gasteiger partial charge in [0.15, 0.2) is 0 Å². The zero-order chi connectivity index (χ0) is 27.2. The monoisotopic (exact) mass is 531 g/mol. The number of pyridine rings is 2. The number of anilines is 1. The molecule has 9 nitrogen and oxygen atoms in total. The Morgan fingerprint density at radius 3 is 2.23 bits per heavy atom. The van der Waals surface area contributed by atoms with Gasteiger partial charge in [0.2, 0.25) is 0 Å². The number of nitrogens with one attached hydrogen (secondary N) is 2. The molecule has 3 heterocycles. The van der Waals surface area contributed by atoms with Crippen molar-refractivity contribution in [3.63, 3.8) is 0 Å². The van der Waals surface area contributed by atoms with Crippen molar-refractivity contribution in [2.45, 2.75) is 38.5 Å². The molecule has 0 radical (unpaired) electrons. The second kappa shape index (κ2) is 12.4. The van der Waals surface area contributed by atoms with Crippen LogP contribution in [-0.4, -0.2) is 65.0 Å². The fourth-order valence-electron chi connectivity index (χ4n) is 5.78. The summed E-state index contributed by atoms with van der Waals surface area (Å²) in [6, 6.07) is 13.6. The molecular formula is C30H37N5O4. The van der Waals surface area contributed by atoms with E-state index in [-0.39, 0.29) is 12.5 Å². The minimum atomic E-state index is -0.973. The summed E-state index contributed by atoms with van der Waals surface area (Å²) in [6.45, 7) is 3.12. The van der Waals surface area contributed by atoms with Gasteiger partial charge in [0.1, 0.15) is 5.82 Å². The summed E-state index contributed by atoms with van der Waals surface area (Å²) in [6.07, 6.45) is 6.66. The molecule has 0 bridgehead atoms. The zero-order valence-corrected chi connectivity index (χ0v) is 22.2. The minimum absolute atomic E-state index is 0.110. The molecule has 1 aromatic carbocycles. The third-order valence-corrected chi connectivity index (χ3v) is 8.26. The molecule has 0 spiro atoms. The van der Waals surface area contributed by atoms with Gasteiger partial charge in [0, 0.05) is 49.9 Å². The lowest BCUT2D eigenvalue weighted by Crippen LogP contribution is -2.35.